The molecule has 0 saturated heterocycles. The molecular weight excluding hydrogens is 520 g/mol. The van der Waals surface area contributed by atoms with Crippen molar-refractivity contribution >= 4 is 43.3 Å². The molecule has 0 amide bonds. The van der Waals surface area contributed by atoms with Crippen LogP contribution >= 0.6 is 35.0 Å². The number of halogens is 3. The zero-order valence-corrected chi connectivity index (χ0v) is 24.4. The van der Waals surface area contributed by atoms with Gasteiger partial charge in [-0.1, -0.05) is 62.2 Å². The van der Waals surface area contributed by atoms with Crippen LogP contribution in [0.15, 0.2) is 36.4 Å². The lowest BCUT2D eigenvalue weighted by molar-refractivity contribution is 0.252. The van der Waals surface area contributed by atoms with Crippen molar-refractivity contribution < 1.29 is 8.82 Å². The van der Waals surface area contributed by atoms with Crippen LogP contribution in [0.5, 0.6) is 0 Å². The van der Waals surface area contributed by atoms with Crippen molar-refractivity contribution in [3.63, 3.8) is 0 Å². The first kappa shape index (κ1) is 26.7. The number of benzene rings is 2. The molecule has 1 aliphatic heterocycles. The van der Waals surface area contributed by atoms with Crippen molar-refractivity contribution in [2.45, 2.75) is 63.5 Å². The Morgan fingerprint density at radius 2 is 1.86 bits per heavy atom. The van der Waals surface area contributed by atoms with E-state index in [1.165, 1.54) is 6.07 Å². The summed E-state index contributed by atoms with van der Waals surface area (Å²) >= 11 is 14.6. The van der Waals surface area contributed by atoms with Crippen LogP contribution in [-0.2, 0) is 17.4 Å². The van der Waals surface area contributed by atoms with Gasteiger partial charge >= 0.3 is 0 Å². The van der Waals surface area contributed by atoms with Crippen LogP contribution in [0, 0.1) is 5.82 Å². The number of aromatic nitrogens is 3. The van der Waals surface area contributed by atoms with Gasteiger partial charge in [-0.15, -0.1) is 10.2 Å². The molecule has 0 fully saturated rings. The summed E-state index contributed by atoms with van der Waals surface area (Å²) in [5.74, 6) is 2.15. The lowest BCUT2D eigenvalue weighted by Gasteiger charge is -2.39. The van der Waals surface area contributed by atoms with Crippen LogP contribution in [0.4, 0.5) is 4.39 Å². The highest BCUT2D eigenvalue weighted by Crippen LogP contribution is 2.41. The third kappa shape index (κ3) is 5.49. The summed E-state index contributed by atoms with van der Waals surface area (Å²) in [6.07, 6.45) is 0.767. The second-order valence-corrected chi connectivity index (χ2v) is 18.2. The Bertz CT molecular complexity index is 1240. The summed E-state index contributed by atoms with van der Waals surface area (Å²) < 4.78 is 23.2. The van der Waals surface area contributed by atoms with Gasteiger partial charge in [-0.05, 0) is 48.8 Å². The van der Waals surface area contributed by atoms with E-state index in [-0.39, 0.29) is 14.8 Å². The van der Waals surface area contributed by atoms with Crippen LogP contribution in [0.1, 0.15) is 33.5 Å². The summed E-state index contributed by atoms with van der Waals surface area (Å²) in [4.78, 5) is 0. The van der Waals surface area contributed by atoms with Crippen molar-refractivity contribution in [3.05, 3.63) is 58.1 Å². The standard InChI is InChI=1S/C26H32Cl2FN3OSSi/c1-25(2,3)35(5,6)33-16-26(4)15-22-30-31-24(32(22)12-13-34-26)19-11-10-17(14-21(19)28)18-8-7-9-20(27)23(18)29/h7-11,14H,12-13,15-16H2,1-6H3. The fourth-order valence-electron chi connectivity index (χ4n) is 3.90. The molecule has 0 spiro atoms. The molecule has 2 heterocycles. The summed E-state index contributed by atoms with van der Waals surface area (Å²) in [7, 11) is -1.85. The molecule has 1 aliphatic rings. The minimum absolute atomic E-state index is 0.0775. The van der Waals surface area contributed by atoms with E-state index in [9.17, 15) is 4.39 Å². The average Bonchev–Trinajstić information content (AvgIpc) is 3.06. The van der Waals surface area contributed by atoms with Gasteiger partial charge in [0.2, 0.25) is 0 Å². The third-order valence-electron chi connectivity index (χ3n) is 7.14. The van der Waals surface area contributed by atoms with Gasteiger partial charge in [0.1, 0.15) is 11.6 Å². The number of rotatable bonds is 5. The minimum Gasteiger partial charge on any atom is -0.415 e. The summed E-state index contributed by atoms with van der Waals surface area (Å²) in [5.41, 5.74) is 1.86. The molecule has 35 heavy (non-hydrogen) atoms. The van der Waals surface area contributed by atoms with E-state index in [1.54, 1.807) is 18.2 Å². The van der Waals surface area contributed by atoms with Gasteiger partial charge < -0.3 is 8.99 Å². The maximum Gasteiger partial charge on any atom is 0.192 e. The van der Waals surface area contributed by atoms with Crippen molar-refractivity contribution in [1.82, 2.24) is 14.8 Å². The summed E-state index contributed by atoms with van der Waals surface area (Å²) in [5, 5.41) is 9.81. The Morgan fingerprint density at radius 3 is 2.54 bits per heavy atom. The topological polar surface area (TPSA) is 39.9 Å². The van der Waals surface area contributed by atoms with Gasteiger partial charge in [-0.25, -0.2) is 4.39 Å². The molecule has 188 valence electrons. The number of fused-ring (bicyclic) bond motifs is 1. The average molecular weight is 553 g/mol. The molecule has 3 aromatic rings. The second kappa shape index (κ2) is 9.82. The molecule has 4 rings (SSSR count). The van der Waals surface area contributed by atoms with E-state index in [0.717, 1.165) is 35.9 Å². The van der Waals surface area contributed by atoms with E-state index in [2.05, 4.69) is 55.6 Å². The van der Waals surface area contributed by atoms with Gasteiger partial charge in [-0.2, -0.15) is 11.8 Å². The minimum atomic E-state index is -1.85. The van der Waals surface area contributed by atoms with Crippen molar-refractivity contribution in [3.8, 4) is 22.5 Å². The molecule has 0 radical (unpaired) electrons. The van der Waals surface area contributed by atoms with Gasteiger partial charge in [0.15, 0.2) is 14.1 Å². The van der Waals surface area contributed by atoms with Crippen molar-refractivity contribution in [1.29, 1.82) is 0 Å². The van der Waals surface area contributed by atoms with E-state index < -0.39 is 14.1 Å². The number of hydrogen-bond acceptors (Lipinski definition) is 4. The number of nitrogens with zero attached hydrogens (tertiary/aromatic N) is 3. The lowest BCUT2D eigenvalue weighted by Crippen LogP contribution is -2.45. The van der Waals surface area contributed by atoms with E-state index in [4.69, 9.17) is 27.6 Å². The molecular formula is C26H32Cl2FN3OSSi. The SMILES string of the molecule is CC1(CO[Si](C)(C)C(C)(C)C)Cc2nnc(-c3ccc(-c4cccc(Cl)c4F)cc3Cl)n2CCS1. The molecule has 0 aliphatic carbocycles. The largest absolute Gasteiger partial charge is 0.415 e. The van der Waals surface area contributed by atoms with Crippen LogP contribution in [0.3, 0.4) is 0 Å². The van der Waals surface area contributed by atoms with Crippen LogP contribution in [0.2, 0.25) is 28.2 Å². The van der Waals surface area contributed by atoms with Gasteiger partial charge in [0.25, 0.3) is 0 Å². The Labute approximate surface area is 222 Å². The molecule has 2 aromatic carbocycles. The monoisotopic (exact) mass is 551 g/mol. The molecule has 1 unspecified atom stereocenters. The molecule has 0 bridgehead atoms. The molecule has 4 nitrogen and oxygen atoms in total. The molecule has 0 N–H and O–H groups in total. The predicted molar refractivity (Wildman–Crippen MR) is 149 cm³/mol. The summed E-state index contributed by atoms with van der Waals surface area (Å²) in [6.45, 7) is 15.1. The smallest absolute Gasteiger partial charge is 0.192 e. The maximum absolute atomic E-state index is 14.5. The Balaban J connectivity index is 1.59. The zero-order chi connectivity index (χ0) is 25.6. The Morgan fingerprint density at radius 1 is 1.11 bits per heavy atom. The second-order valence-electron chi connectivity index (χ2n) is 10.9. The number of thioether (sulfide) groups is 1. The first-order valence-corrected chi connectivity index (χ1v) is 16.4. The van der Waals surface area contributed by atoms with E-state index in [0.29, 0.717) is 22.8 Å². The predicted octanol–water partition coefficient (Wildman–Crippen LogP) is 8.13. The first-order valence-electron chi connectivity index (χ1n) is 11.8. The van der Waals surface area contributed by atoms with Crippen LogP contribution < -0.4 is 0 Å². The first-order chi connectivity index (χ1) is 16.3. The van der Waals surface area contributed by atoms with Crippen LogP contribution in [0.25, 0.3) is 22.5 Å². The van der Waals surface area contributed by atoms with Gasteiger partial charge in [0, 0.05) is 41.2 Å². The highest BCUT2D eigenvalue weighted by Gasteiger charge is 2.40. The highest BCUT2D eigenvalue weighted by atomic mass is 35.5. The highest BCUT2D eigenvalue weighted by molar-refractivity contribution is 8.00. The maximum atomic E-state index is 14.5. The molecule has 1 aromatic heterocycles. The van der Waals surface area contributed by atoms with Crippen molar-refractivity contribution in [2.75, 3.05) is 12.4 Å². The summed E-state index contributed by atoms with van der Waals surface area (Å²) in [6, 6.07) is 10.4. The van der Waals surface area contributed by atoms with Gasteiger partial charge in [0.05, 0.1) is 10.0 Å². The fourth-order valence-corrected chi connectivity index (χ4v) is 6.70. The number of hydrogen-bond donors (Lipinski definition) is 0. The van der Waals surface area contributed by atoms with E-state index >= 15 is 0 Å². The fraction of sp³-hybridized carbons (Fsp3) is 0.462. The molecule has 1 atom stereocenters. The van der Waals surface area contributed by atoms with Crippen molar-refractivity contribution in [2.24, 2.45) is 0 Å². The molecule has 9 heteroatoms. The zero-order valence-electron chi connectivity index (χ0n) is 21.1. The molecule has 0 saturated carbocycles. The quantitative estimate of drug-likeness (QED) is 0.300. The Kier molecular flexibility index (Phi) is 7.49. The lowest BCUT2D eigenvalue weighted by atomic mass is 10.0. The normalized spacial score (nSPS) is 18.9. The van der Waals surface area contributed by atoms with E-state index in [1.807, 2.05) is 23.9 Å². The third-order valence-corrected chi connectivity index (χ3v) is 13.6. The van der Waals surface area contributed by atoms with Crippen LogP contribution in [-0.4, -0.2) is 40.2 Å². The Hall–Kier alpha value is -1.38. The van der Waals surface area contributed by atoms with Gasteiger partial charge in [-0.3, -0.25) is 0 Å².